The topological polar surface area (TPSA) is 35.2 Å². The summed E-state index contributed by atoms with van der Waals surface area (Å²) < 4.78 is 5.91. The van der Waals surface area contributed by atoms with Crippen LogP contribution in [0.15, 0.2) is 30.3 Å². The van der Waals surface area contributed by atoms with Gasteiger partial charge in [-0.15, -0.1) is 0 Å². The lowest BCUT2D eigenvalue weighted by molar-refractivity contribution is 0.107. The van der Waals surface area contributed by atoms with Crippen molar-refractivity contribution in [2.45, 2.75) is 25.9 Å². The molecule has 0 atom stereocenters. The largest absolute Gasteiger partial charge is 0.487 e. The quantitative estimate of drug-likeness (QED) is 0.761. The molecule has 2 rings (SSSR count). The molecular weight excluding hydrogens is 186 g/mol. The summed E-state index contributed by atoms with van der Waals surface area (Å²) in [7, 11) is 0. The second-order valence-corrected chi connectivity index (χ2v) is 4.50. The summed E-state index contributed by atoms with van der Waals surface area (Å²) in [5, 5.41) is 0. The predicted octanol–water partition coefficient (Wildman–Crippen LogP) is 2.59. The van der Waals surface area contributed by atoms with Crippen molar-refractivity contribution in [3.63, 3.8) is 0 Å². The molecule has 1 aromatic carbocycles. The van der Waals surface area contributed by atoms with Crippen molar-refractivity contribution in [3.05, 3.63) is 35.9 Å². The van der Waals surface area contributed by atoms with Gasteiger partial charge in [-0.25, -0.2) is 0 Å². The van der Waals surface area contributed by atoms with Crippen molar-refractivity contribution >= 4 is 5.57 Å². The summed E-state index contributed by atoms with van der Waals surface area (Å²) >= 11 is 0. The van der Waals surface area contributed by atoms with Crippen molar-refractivity contribution in [1.82, 2.24) is 0 Å². The van der Waals surface area contributed by atoms with Gasteiger partial charge in [0, 0.05) is 18.5 Å². The molecule has 0 aliphatic carbocycles. The van der Waals surface area contributed by atoms with E-state index in [1.54, 1.807) is 0 Å². The molecule has 80 valence electrons. The van der Waals surface area contributed by atoms with Crippen molar-refractivity contribution in [2.24, 2.45) is 5.73 Å². The number of para-hydroxylation sites is 1. The Balaban J connectivity index is 2.48. The van der Waals surface area contributed by atoms with Crippen LogP contribution in [0.4, 0.5) is 0 Å². The lowest BCUT2D eigenvalue weighted by atomic mass is 9.89. The molecule has 1 heterocycles. The predicted molar refractivity (Wildman–Crippen MR) is 62.8 cm³/mol. The maximum absolute atomic E-state index is 5.91. The molecule has 2 heteroatoms. The van der Waals surface area contributed by atoms with Crippen LogP contribution in [0.1, 0.15) is 25.8 Å². The first-order valence-electron chi connectivity index (χ1n) is 5.30. The van der Waals surface area contributed by atoms with E-state index in [-0.39, 0.29) is 5.60 Å². The Hall–Kier alpha value is -1.28. The number of nitrogens with two attached hydrogens (primary N) is 1. The number of hydrogen-bond acceptors (Lipinski definition) is 2. The zero-order chi connectivity index (χ0) is 10.9. The van der Waals surface area contributed by atoms with Gasteiger partial charge in [-0.1, -0.05) is 24.3 Å². The minimum atomic E-state index is -0.130. The van der Waals surface area contributed by atoms with E-state index in [2.05, 4.69) is 26.0 Å². The maximum atomic E-state index is 5.91. The fraction of sp³-hybridized carbons (Fsp3) is 0.385. The first-order chi connectivity index (χ1) is 7.12. The number of fused-ring (bicyclic) bond motifs is 1. The molecule has 0 radical (unpaired) electrons. The summed E-state index contributed by atoms with van der Waals surface area (Å²) in [6, 6.07) is 8.14. The molecule has 0 unspecified atom stereocenters. The molecule has 0 saturated carbocycles. The molecule has 0 fully saturated rings. The molecule has 15 heavy (non-hydrogen) atoms. The smallest absolute Gasteiger partial charge is 0.127 e. The van der Waals surface area contributed by atoms with Gasteiger partial charge in [0.05, 0.1) is 0 Å². The van der Waals surface area contributed by atoms with E-state index in [4.69, 9.17) is 10.5 Å². The number of rotatable bonds is 1. The van der Waals surface area contributed by atoms with Crippen LogP contribution in [0.5, 0.6) is 5.75 Å². The average Bonchev–Trinajstić information content (AvgIpc) is 2.16. The minimum Gasteiger partial charge on any atom is -0.487 e. The molecule has 0 spiro atoms. The molecule has 0 saturated heterocycles. The lowest BCUT2D eigenvalue weighted by Crippen LogP contribution is -2.32. The molecule has 0 bridgehead atoms. The highest BCUT2D eigenvalue weighted by Gasteiger charge is 2.29. The van der Waals surface area contributed by atoms with E-state index < -0.39 is 0 Å². The first kappa shape index (κ1) is 10.2. The maximum Gasteiger partial charge on any atom is 0.127 e. The minimum absolute atomic E-state index is 0.130. The molecule has 1 aliphatic rings. The van der Waals surface area contributed by atoms with Crippen LogP contribution in [0.25, 0.3) is 5.57 Å². The number of ether oxygens (including phenoxy) is 1. The van der Waals surface area contributed by atoms with Crippen LogP contribution in [0.2, 0.25) is 0 Å². The van der Waals surface area contributed by atoms with Crippen LogP contribution in [0.3, 0.4) is 0 Å². The highest BCUT2D eigenvalue weighted by molar-refractivity contribution is 5.73. The van der Waals surface area contributed by atoms with Gasteiger partial charge < -0.3 is 10.5 Å². The zero-order valence-corrected chi connectivity index (χ0v) is 9.29. The average molecular weight is 203 g/mol. The van der Waals surface area contributed by atoms with Gasteiger partial charge in [-0.2, -0.15) is 0 Å². The van der Waals surface area contributed by atoms with Crippen molar-refractivity contribution in [1.29, 1.82) is 0 Å². The van der Waals surface area contributed by atoms with Gasteiger partial charge >= 0.3 is 0 Å². The lowest BCUT2D eigenvalue weighted by Gasteiger charge is -2.34. The first-order valence-corrected chi connectivity index (χ1v) is 5.30. The van der Waals surface area contributed by atoms with Gasteiger partial charge in [-0.05, 0) is 25.5 Å². The van der Waals surface area contributed by atoms with E-state index in [0.717, 1.165) is 12.2 Å². The summed E-state index contributed by atoms with van der Waals surface area (Å²) in [6.07, 6.45) is 3.00. The molecule has 0 amide bonds. The van der Waals surface area contributed by atoms with Gasteiger partial charge in [0.15, 0.2) is 0 Å². The van der Waals surface area contributed by atoms with Crippen LogP contribution < -0.4 is 10.5 Å². The monoisotopic (exact) mass is 203 g/mol. The van der Waals surface area contributed by atoms with E-state index >= 15 is 0 Å². The van der Waals surface area contributed by atoms with E-state index in [0.29, 0.717) is 6.54 Å². The van der Waals surface area contributed by atoms with Gasteiger partial charge in [0.1, 0.15) is 11.4 Å². The second kappa shape index (κ2) is 3.70. The van der Waals surface area contributed by atoms with E-state index in [9.17, 15) is 0 Å². The summed E-state index contributed by atoms with van der Waals surface area (Å²) in [6.45, 7) is 4.79. The Labute approximate surface area is 90.7 Å². The third-order valence-electron chi connectivity index (χ3n) is 2.60. The third-order valence-corrected chi connectivity index (χ3v) is 2.60. The Kier molecular flexibility index (Phi) is 2.53. The third kappa shape index (κ3) is 2.05. The Morgan fingerprint density at radius 1 is 1.40 bits per heavy atom. The second-order valence-electron chi connectivity index (χ2n) is 4.50. The van der Waals surface area contributed by atoms with E-state index in [1.807, 2.05) is 18.2 Å². The van der Waals surface area contributed by atoms with Crippen LogP contribution in [-0.4, -0.2) is 12.1 Å². The Morgan fingerprint density at radius 2 is 2.13 bits per heavy atom. The Morgan fingerprint density at radius 3 is 2.87 bits per heavy atom. The molecule has 1 aromatic rings. The van der Waals surface area contributed by atoms with E-state index in [1.165, 1.54) is 11.1 Å². The van der Waals surface area contributed by atoms with Gasteiger partial charge in [-0.3, -0.25) is 0 Å². The van der Waals surface area contributed by atoms with Crippen molar-refractivity contribution < 1.29 is 4.74 Å². The van der Waals surface area contributed by atoms with Crippen molar-refractivity contribution in [3.8, 4) is 5.75 Å². The molecule has 2 nitrogen and oxygen atoms in total. The molecular formula is C13H17NO. The van der Waals surface area contributed by atoms with Gasteiger partial charge in [0.2, 0.25) is 0 Å². The fourth-order valence-corrected chi connectivity index (χ4v) is 2.03. The molecule has 0 aromatic heterocycles. The Bertz CT molecular complexity index is 393. The highest BCUT2D eigenvalue weighted by atomic mass is 16.5. The summed E-state index contributed by atoms with van der Waals surface area (Å²) in [5.41, 5.74) is 7.94. The normalized spacial score (nSPS) is 20.9. The number of hydrogen-bond donors (Lipinski definition) is 1. The summed E-state index contributed by atoms with van der Waals surface area (Å²) in [4.78, 5) is 0. The SMILES string of the molecule is CC1(C)C/C(=C/CN)c2ccccc2O1. The van der Waals surface area contributed by atoms with Crippen molar-refractivity contribution in [2.75, 3.05) is 6.54 Å². The van der Waals surface area contributed by atoms with Crippen LogP contribution >= 0.6 is 0 Å². The molecule has 1 aliphatic heterocycles. The zero-order valence-electron chi connectivity index (χ0n) is 9.29. The van der Waals surface area contributed by atoms with Crippen LogP contribution in [0, 0.1) is 0 Å². The van der Waals surface area contributed by atoms with Crippen LogP contribution in [-0.2, 0) is 0 Å². The fourth-order valence-electron chi connectivity index (χ4n) is 2.03. The number of benzene rings is 1. The molecule has 2 N–H and O–H groups in total. The van der Waals surface area contributed by atoms with Gasteiger partial charge in [0.25, 0.3) is 0 Å². The summed E-state index contributed by atoms with van der Waals surface area (Å²) in [5.74, 6) is 0.966. The highest BCUT2D eigenvalue weighted by Crippen LogP contribution is 2.39. The standard InChI is InChI=1S/C13H17NO/c1-13(2)9-10(7-8-14)11-5-3-4-6-12(11)15-13/h3-7H,8-9,14H2,1-2H3/b10-7-.